The van der Waals surface area contributed by atoms with Gasteiger partial charge in [-0.15, -0.1) is 0 Å². The van der Waals surface area contributed by atoms with Gasteiger partial charge in [0.25, 0.3) is 0 Å². The van der Waals surface area contributed by atoms with Crippen LogP contribution in [0.5, 0.6) is 5.75 Å². The van der Waals surface area contributed by atoms with E-state index in [4.69, 9.17) is 4.74 Å². The van der Waals surface area contributed by atoms with E-state index >= 15 is 0 Å². The lowest BCUT2D eigenvalue weighted by atomic mass is 9.87. The predicted octanol–water partition coefficient (Wildman–Crippen LogP) is 4.62. The minimum atomic E-state index is 0.191. The lowest BCUT2D eigenvalue weighted by molar-refractivity contribution is -0.122. The van der Waals surface area contributed by atoms with Crippen LogP contribution in [-0.4, -0.2) is 63.9 Å². The fourth-order valence-corrected chi connectivity index (χ4v) is 5.45. The van der Waals surface area contributed by atoms with E-state index in [2.05, 4.69) is 50.4 Å². The number of nitrogens with one attached hydrogen (secondary N) is 1. The monoisotopic (exact) mass is 476 g/mol. The number of hydrogen-bond acceptors (Lipinski definition) is 5. The first-order valence-electron chi connectivity index (χ1n) is 13.1. The maximum Gasteiger partial charge on any atom is 0.220 e. The summed E-state index contributed by atoms with van der Waals surface area (Å²) in [6.07, 6.45) is 9.07. The quantitative estimate of drug-likeness (QED) is 0.402. The molecule has 2 aromatic carbocycles. The molecule has 0 saturated carbocycles. The zero-order valence-electron chi connectivity index (χ0n) is 21.3. The Hall–Kier alpha value is -2.86. The van der Waals surface area contributed by atoms with E-state index < -0.39 is 0 Å². The molecule has 1 unspecified atom stereocenters. The van der Waals surface area contributed by atoms with Gasteiger partial charge in [0.2, 0.25) is 5.91 Å². The molecule has 4 rings (SSSR count). The van der Waals surface area contributed by atoms with Gasteiger partial charge in [0.15, 0.2) is 0 Å². The number of aryl methyl sites for hydroxylation is 1. The van der Waals surface area contributed by atoms with Crippen molar-refractivity contribution in [3.8, 4) is 5.75 Å². The van der Waals surface area contributed by atoms with Crippen molar-refractivity contribution in [1.82, 2.24) is 10.2 Å². The molecule has 1 aliphatic carbocycles. The number of hydrogen-bond donors (Lipinski definition) is 1. The van der Waals surface area contributed by atoms with Crippen LogP contribution in [0.15, 0.2) is 47.5 Å². The van der Waals surface area contributed by atoms with Crippen LogP contribution in [0.1, 0.15) is 61.3 Å². The maximum absolute atomic E-state index is 12.5. The molecule has 1 heterocycles. The molecule has 6 heteroatoms. The van der Waals surface area contributed by atoms with Crippen molar-refractivity contribution in [3.05, 3.63) is 59.2 Å². The van der Waals surface area contributed by atoms with Crippen molar-refractivity contribution in [3.63, 3.8) is 0 Å². The number of piperazine rings is 1. The lowest BCUT2D eigenvalue weighted by Crippen LogP contribution is -2.47. The van der Waals surface area contributed by atoms with Gasteiger partial charge in [0, 0.05) is 51.4 Å². The van der Waals surface area contributed by atoms with Gasteiger partial charge >= 0.3 is 0 Å². The summed E-state index contributed by atoms with van der Waals surface area (Å²) in [5, 5.41) is 3.28. The van der Waals surface area contributed by atoms with Gasteiger partial charge in [-0.3, -0.25) is 14.7 Å². The summed E-state index contributed by atoms with van der Waals surface area (Å²) < 4.78 is 5.64. The summed E-state index contributed by atoms with van der Waals surface area (Å²) in [6, 6.07) is 14.9. The van der Waals surface area contributed by atoms with Gasteiger partial charge in [-0.25, -0.2) is 0 Å². The number of methoxy groups -OCH3 is 1. The second-order valence-electron chi connectivity index (χ2n) is 9.64. The Bertz CT molecular complexity index is 998. The Morgan fingerprint density at radius 1 is 1.09 bits per heavy atom. The molecule has 1 amide bonds. The van der Waals surface area contributed by atoms with Gasteiger partial charge in [0.1, 0.15) is 5.75 Å². The van der Waals surface area contributed by atoms with Crippen molar-refractivity contribution < 1.29 is 9.53 Å². The molecule has 2 aliphatic rings. The lowest BCUT2D eigenvalue weighted by Gasteiger charge is -2.37. The molecule has 0 aromatic heterocycles. The van der Waals surface area contributed by atoms with Crippen molar-refractivity contribution in [2.24, 2.45) is 4.99 Å². The van der Waals surface area contributed by atoms with Crippen LogP contribution in [0.25, 0.3) is 0 Å². The summed E-state index contributed by atoms with van der Waals surface area (Å²) in [5.74, 6) is 1.11. The molecular weight excluding hydrogens is 436 g/mol. The van der Waals surface area contributed by atoms with E-state index in [1.54, 1.807) is 14.2 Å². The molecule has 1 aliphatic heterocycles. The third-order valence-corrected chi connectivity index (χ3v) is 7.29. The minimum Gasteiger partial charge on any atom is -0.495 e. The fourth-order valence-electron chi connectivity index (χ4n) is 5.45. The molecule has 1 N–H and O–H groups in total. The SMILES string of the molecule is CN=Cc1cccc(OC)c1N1CCN(CCCCCC(=O)NC2CCCc3ccccc32)CC1. The summed E-state index contributed by atoms with van der Waals surface area (Å²) in [5.41, 5.74) is 4.96. The molecule has 1 fully saturated rings. The number of carbonyl (C=O) groups excluding carboxylic acids is 1. The number of ether oxygens (including phenoxy) is 1. The Morgan fingerprint density at radius 3 is 2.71 bits per heavy atom. The highest BCUT2D eigenvalue weighted by molar-refractivity contribution is 5.90. The predicted molar refractivity (Wildman–Crippen MR) is 144 cm³/mol. The van der Waals surface area contributed by atoms with Gasteiger partial charge < -0.3 is 15.0 Å². The highest BCUT2D eigenvalue weighted by Gasteiger charge is 2.22. The number of fused-ring (bicyclic) bond motifs is 1. The number of carbonyl (C=O) groups is 1. The molecular formula is C29H40N4O2. The first-order valence-corrected chi connectivity index (χ1v) is 13.1. The average Bonchev–Trinajstić information content (AvgIpc) is 2.89. The van der Waals surface area contributed by atoms with Gasteiger partial charge in [-0.1, -0.05) is 42.8 Å². The molecule has 2 aromatic rings. The Balaban J connectivity index is 1.15. The minimum absolute atomic E-state index is 0.191. The highest BCUT2D eigenvalue weighted by atomic mass is 16.5. The van der Waals surface area contributed by atoms with Crippen LogP contribution >= 0.6 is 0 Å². The molecule has 1 saturated heterocycles. The zero-order valence-corrected chi connectivity index (χ0v) is 21.3. The second kappa shape index (κ2) is 12.7. The Labute approximate surface area is 210 Å². The fraction of sp³-hybridized carbons (Fsp3) is 0.517. The first-order chi connectivity index (χ1) is 17.2. The molecule has 6 nitrogen and oxygen atoms in total. The van der Waals surface area contributed by atoms with Gasteiger partial charge in [-0.2, -0.15) is 0 Å². The molecule has 1 atom stereocenters. The molecule has 35 heavy (non-hydrogen) atoms. The summed E-state index contributed by atoms with van der Waals surface area (Å²) in [6.45, 7) is 5.15. The van der Waals surface area contributed by atoms with E-state index in [1.165, 1.54) is 11.1 Å². The Morgan fingerprint density at radius 2 is 1.91 bits per heavy atom. The van der Waals surface area contributed by atoms with Crippen molar-refractivity contribution >= 4 is 17.8 Å². The number of para-hydroxylation sites is 1. The van der Waals surface area contributed by atoms with Gasteiger partial charge in [-0.05, 0) is 55.8 Å². The topological polar surface area (TPSA) is 57.2 Å². The van der Waals surface area contributed by atoms with Crippen LogP contribution in [0.3, 0.4) is 0 Å². The Kier molecular flexibility index (Phi) is 9.18. The average molecular weight is 477 g/mol. The highest BCUT2D eigenvalue weighted by Crippen LogP contribution is 2.32. The second-order valence-corrected chi connectivity index (χ2v) is 9.64. The van der Waals surface area contributed by atoms with E-state index in [0.29, 0.717) is 6.42 Å². The number of rotatable bonds is 10. The standard InChI is InChI=1S/C29H40N4O2/c1-30-22-24-12-9-15-27(35-2)29(24)33-20-18-32(19-21-33)17-7-3-4-16-28(34)31-26-14-8-11-23-10-5-6-13-25(23)26/h5-6,9-10,12-13,15,22,26H,3-4,7-8,11,14,16-21H2,1-2H3,(H,31,34). The van der Waals surface area contributed by atoms with Crippen LogP contribution in [-0.2, 0) is 11.2 Å². The smallest absolute Gasteiger partial charge is 0.220 e. The third-order valence-electron chi connectivity index (χ3n) is 7.29. The largest absolute Gasteiger partial charge is 0.495 e. The van der Waals surface area contributed by atoms with E-state index in [9.17, 15) is 4.79 Å². The van der Waals surface area contributed by atoms with Crippen molar-refractivity contribution in [1.29, 1.82) is 0 Å². The number of aliphatic imine (C=N–C) groups is 1. The van der Waals surface area contributed by atoms with Crippen LogP contribution in [0, 0.1) is 0 Å². The number of unbranched alkanes of at least 4 members (excludes halogenated alkanes) is 2. The zero-order chi connectivity index (χ0) is 24.5. The normalized spacial score (nSPS) is 18.5. The van der Waals surface area contributed by atoms with Crippen LogP contribution in [0.4, 0.5) is 5.69 Å². The number of anilines is 1. The maximum atomic E-state index is 12.5. The number of nitrogens with zero attached hydrogens (tertiary/aromatic N) is 3. The number of amides is 1. The van der Waals surface area contributed by atoms with Crippen LogP contribution < -0.4 is 15.0 Å². The molecule has 0 radical (unpaired) electrons. The third kappa shape index (κ3) is 6.63. The number of benzene rings is 2. The molecule has 0 bridgehead atoms. The van der Waals surface area contributed by atoms with E-state index in [0.717, 1.165) is 88.2 Å². The summed E-state index contributed by atoms with van der Waals surface area (Å²) >= 11 is 0. The van der Waals surface area contributed by atoms with Crippen LogP contribution in [0.2, 0.25) is 0 Å². The molecule has 188 valence electrons. The van der Waals surface area contributed by atoms with E-state index in [1.807, 2.05) is 18.3 Å². The van der Waals surface area contributed by atoms with Crippen molar-refractivity contribution in [2.45, 2.75) is 51.0 Å². The van der Waals surface area contributed by atoms with E-state index in [-0.39, 0.29) is 11.9 Å². The van der Waals surface area contributed by atoms with Crippen molar-refractivity contribution in [2.75, 3.05) is 51.8 Å². The van der Waals surface area contributed by atoms with Gasteiger partial charge in [0.05, 0.1) is 18.8 Å². The summed E-state index contributed by atoms with van der Waals surface area (Å²) in [7, 11) is 3.54. The first kappa shape index (κ1) is 25.2. The molecule has 0 spiro atoms. The summed E-state index contributed by atoms with van der Waals surface area (Å²) in [4.78, 5) is 21.7.